The first-order chi connectivity index (χ1) is 15.5. The Bertz CT molecular complexity index is 1000. The number of Topliss-reactive ketones (excluding diaryl/α,β-unsaturated/α-hetero) is 1. The molecule has 2 aliphatic rings. The van der Waals surface area contributed by atoms with Crippen molar-refractivity contribution in [1.82, 2.24) is 9.88 Å². The van der Waals surface area contributed by atoms with E-state index in [9.17, 15) is 14.4 Å². The lowest BCUT2D eigenvalue weighted by Crippen LogP contribution is -2.54. The Morgan fingerprint density at radius 1 is 1.12 bits per heavy atom. The number of hydrogen-bond donors (Lipinski definition) is 0. The van der Waals surface area contributed by atoms with Crippen LogP contribution in [0.15, 0.2) is 42.6 Å². The fourth-order valence-corrected chi connectivity index (χ4v) is 4.08. The highest BCUT2D eigenvalue weighted by Gasteiger charge is 2.34. The molecule has 0 N–H and O–H groups in total. The largest absolute Gasteiger partial charge is 0.479 e. The van der Waals surface area contributed by atoms with Crippen LogP contribution in [0, 0.1) is 0 Å². The van der Waals surface area contributed by atoms with E-state index in [2.05, 4.69) is 9.88 Å². The number of carbonyl (C=O) groups is 3. The van der Waals surface area contributed by atoms with Crippen molar-refractivity contribution in [2.75, 3.05) is 42.5 Å². The van der Waals surface area contributed by atoms with Crippen molar-refractivity contribution in [3.8, 4) is 5.75 Å². The first kappa shape index (κ1) is 21.8. The van der Waals surface area contributed by atoms with Crippen molar-refractivity contribution in [2.24, 2.45) is 0 Å². The van der Waals surface area contributed by atoms with E-state index >= 15 is 0 Å². The lowest BCUT2D eigenvalue weighted by atomic mass is 10.0. The molecule has 0 radical (unpaired) electrons. The molecule has 1 saturated heterocycles. The smallest absolute Gasteiger partial charge is 0.268 e. The lowest BCUT2D eigenvalue weighted by molar-refractivity contribution is -0.133. The zero-order chi connectivity index (χ0) is 22.7. The molecule has 1 unspecified atom stereocenters. The van der Waals surface area contributed by atoms with Crippen LogP contribution in [-0.4, -0.2) is 66.3 Å². The highest BCUT2D eigenvalue weighted by Crippen LogP contribution is 2.35. The fraction of sp³-hybridized carbons (Fsp3) is 0.417. The summed E-state index contributed by atoms with van der Waals surface area (Å²) in [7, 11) is 0. The third kappa shape index (κ3) is 4.44. The van der Waals surface area contributed by atoms with Gasteiger partial charge in [0, 0.05) is 44.4 Å². The summed E-state index contributed by atoms with van der Waals surface area (Å²) in [5, 5.41) is 0. The molecule has 0 aliphatic carbocycles. The molecule has 32 heavy (non-hydrogen) atoms. The van der Waals surface area contributed by atoms with Crippen LogP contribution in [0.5, 0.6) is 5.75 Å². The number of carbonyl (C=O) groups excluding carboxylic acids is 3. The summed E-state index contributed by atoms with van der Waals surface area (Å²) in [5.41, 5.74) is 1.01. The molecule has 2 aliphatic heterocycles. The van der Waals surface area contributed by atoms with Crippen molar-refractivity contribution in [3.63, 3.8) is 0 Å². The Balaban J connectivity index is 1.47. The van der Waals surface area contributed by atoms with Crippen LogP contribution in [0.4, 0.5) is 11.5 Å². The van der Waals surface area contributed by atoms with Crippen molar-refractivity contribution in [2.45, 2.75) is 32.8 Å². The van der Waals surface area contributed by atoms with Crippen molar-refractivity contribution >= 4 is 29.1 Å². The van der Waals surface area contributed by atoms with Gasteiger partial charge in [-0.15, -0.1) is 0 Å². The Labute approximate surface area is 187 Å². The second-order valence-corrected chi connectivity index (χ2v) is 8.10. The summed E-state index contributed by atoms with van der Waals surface area (Å²) in [6.07, 6.45) is 2.25. The molecule has 168 valence electrons. The van der Waals surface area contributed by atoms with Crippen molar-refractivity contribution in [1.29, 1.82) is 0 Å². The van der Waals surface area contributed by atoms with E-state index in [0.717, 1.165) is 12.2 Å². The van der Waals surface area contributed by atoms with E-state index in [4.69, 9.17) is 4.74 Å². The molecule has 2 aromatic rings. The molecule has 1 atom stereocenters. The number of piperazine rings is 1. The molecule has 1 aromatic carbocycles. The highest BCUT2D eigenvalue weighted by atomic mass is 16.5. The topological polar surface area (TPSA) is 83.1 Å². The average molecular weight is 437 g/mol. The van der Waals surface area contributed by atoms with Crippen LogP contribution in [-0.2, 0) is 9.59 Å². The quantitative estimate of drug-likeness (QED) is 0.647. The van der Waals surface area contributed by atoms with Gasteiger partial charge in [-0.1, -0.05) is 13.0 Å². The zero-order valence-corrected chi connectivity index (χ0v) is 18.5. The predicted molar refractivity (Wildman–Crippen MR) is 121 cm³/mol. The third-order valence-electron chi connectivity index (χ3n) is 5.87. The van der Waals surface area contributed by atoms with E-state index in [0.29, 0.717) is 49.6 Å². The first-order valence-electron chi connectivity index (χ1n) is 11.1. The molecule has 0 spiro atoms. The number of nitrogens with zero attached hydrogens (tertiary/aromatic N) is 4. The number of ketones is 1. The number of benzene rings is 1. The van der Waals surface area contributed by atoms with Gasteiger partial charge in [0.2, 0.25) is 5.91 Å². The summed E-state index contributed by atoms with van der Waals surface area (Å²) in [6, 6.07) is 10.9. The summed E-state index contributed by atoms with van der Waals surface area (Å²) < 4.78 is 5.72. The minimum atomic E-state index is -0.687. The van der Waals surface area contributed by atoms with Crippen LogP contribution in [0.25, 0.3) is 0 Å². The Morgan fingerprint density at radius 3 is 2.59 bits per heavy atom. The third-order valence-corrected chi connectivity index (χ3v) is 5.87. The Hall–Kier alpha value is -3.42. The molecular weight excluding hydrogens is 408 g/mol. The van der Waals surface area contributed by atoms with Gasteiger partial charge in [-0.2, -0.15) is 0 Å². The van der Waals surface area contributed by atoms with Crippen LogP contribution in [0.1, 0.15) is 37.0 Å². The molecule has 3 heterocycles. The number of aromatic nitrogens is 1. The van der Waals surface area contributed by atoms with E-state index in [1.54, 1.807) is 36.2 Å². The Morgan fingerprint density at radius 2 is 1.91 bits per heavy atom. The lowest BCUT2D eigenvalue weighted by Gasteiger charge is -2.38. The molecule has 0 bridgehead atoms. The van der Waals surface area contributed by atoms with E-state index in [-0.39, 0.29) is 24.1 Å². The number of pyridine rings is 1. The number of ether oxygens (including phenoxy) is 1. The van der Waals surface area contributed by atoms with Gasteiger partial charge in [-0.25, -0.2) is 4.98 Å². The maximum absolute atomic E-state index is 13.1. The molecule has 8 heteroatoms. The van der Waals surface area contributed by atoms with Gasteiger partial charge in [0.15, 0.2) is 11.9 Å². The minimum Gasteiger partial charge on any atom is -0.479 e. The standard InChI is InChI=1S/C24H28N4O4/c1-3-6-20(29)18-8-9-21-19(15-18)28(24(31)17(2)32-21)16-23(30)27-13-11-26(12-14-27)22-7-4-5-10-25-22/h4-5,7-10,15,17H,3,6,11-14,16H2,1-2H3. The highest BCUT2D eigenvalue weighted by molar-refractivity contribution is 6.05. The van der Waals surface area contributed by atoms with Gasteiger partial charge in [0.25, 0.3) is 5.91 Å². The van der Waals surface area contributed by atoms with E-state index < -0.39 is 6.10 Å². The van der Waals surface area contributed by atoms with E-state index in [1.807, 2.05) is 25.1 Å². The Kier molecular flexibility index (Phi) is 6.39. The molecule has 4 rings (SSSR count). The number of hydrogen-bond acceptors (Lipinski definition) is 6. The summed E-state index contributed by atoms with van der Waals surface area (Å²) in [5.74, 6) is 1.02. The minimum absolute atomic E-state index is 0.0123. The predicted octanol–water partition coefficient (Wildman–Crippen LogP) is 2.53. The van der Waals surface area contributed by atoms with Crippen LogP contribution >= 0.6 is 0 Å². The number of anilines is 2. The first-order valence-corrected chi connectivity index (χ1v) is 11.1. The fourth-order valence-electron chi connectivity index (χ4n) is 4.08. The van der Waals surface area contributed by atoms with Crippen LogP contribution < -0.4 is 14.5 Å². The molecule has 0 saturated carbocycles. The van der Waals surface area contributed by atoms with Crippen LogP contribution in [0.3, 0.4) is 0 Å². The maximum atomic E-state index is 13.1. The zero-order valence-electron chi connectivity index (χ0n) is 18.5. The van der Waals surface area contributed by atoms with Crippen molar-refractivity contribution in [3.05, 3.63) is 48.2 Å². The number of amides is 2. The molecular formula is C24H28N4O4. The van der Waals surface area contributed by atoms with Gasteiger partial charge in [-0.3, -0.25) is 19.3 Å². The summed E-state index contributed by atoms with van der Waals surface area (Å²) in [6.45, 7) is 6.03. The summed E-state index contributed by atoms with van der Waals surface area (Å²) in [4.78, 5) is 48.1. The van der Waals surface area contributed by atoms with Gasteiger partial charge in [0.05, 0.1) is 5.69 Å². The van der Waals surface area contributed by atoms with Gasteiger partial charge >= 0.3 is 0 Å². The molecule has 2 amide bonds. The molecule has 1 fully saturated rings. The maximum Gasteiger partial charge on any atom is 0.268 e. The normalized spacial score (nSPS) is 18.2. The van der Waals surface area contributed by atoms with Gasteiger partial charge in [0.1, 0.15) is 18.1 Å². The van der Waals surface area contributed by atoms with Crippen LogP contribution in [0.2, 0.25) is 0 Å². The van der Waals surface area contributed by atoms with Crippen molar-refractivity contribution < 1.29 is 19.1 Å². The second kappa shape index (κ2) is 9.38. The van der Waals surface area contributed by atoms with Gasteiger partial charge < -0.3 is 14.5 Å². The molecule has 1 aromatic heterocycles. The monoisotopic (exact) mass is 436 g/mol. The SMILES string of the molecule is CCCC(=O)c1ccc2c(c1)N(CC(=O)N1CCN(c3ccccn3)CC1)C(=O)C(C)O2. The second-order valence-electron chi connectivity index (χ2n) is 8.10. The number of fused-ring (bicyclic) bond motifs is 1. The van der Waals surface area contributed by atoms with E-state index in [1.165, 1.54) is 4.90 Å². The molecule has 8 nitrogen and oxygen atoms in total. The number of rotatable bonds is 6. The average Bonchev–Trinajstić information content (AvgIpc) is 2.82. The van der Waals surface area contributed by atoms with Gasteiger partial charge in [-0.05, 0) is 43.7 Å². The summed E-state index contributed by atoms with van der Waals surface area (Å²) >= 11 is 0.